The second-order valence-corrected chi connectivity index (χ2v) is 3.58. The second-order valence-electron chi connectivity index (χ2n) is 3.58. The Labute approximate surface area is 104 Å². The van der Waals surface area contributed by atoms with E-state index in [1.807, 2.05) is 30.3 Å². The van der Waals surface area contributed by atoms with Crippen LogP contribution in [-0.2, 0) is 4.74 Å². The molecule has 2 rings (SSSR count). The summed E-state index contributed by atoms with van der Waals surface area (Å²) in [6.45, 7) is 0. The second kappa shape index (κ2) is 5.18. The van der Waals surface area contributed by atoms with Crippen LogP contribution in [0.3, 0.4) is 0 Å². The molecule has 5 nitrogen and oxygen atoms in total. The van der Waals surface area contributed by atoms with E-state index in [2.05, 4.69) is 10.1 Å². The van der Waals surface area contributed by atoms with E-state index in [0.29, 0.717) is 5.69 Å². The number of amides is 1. The number of nitrogens with zero attached hydrogens (tertiary/aromatic N) is 1. The maximum atomic E-state index is 11.9. The first-order chi connectivity index (χ1) is 8.70. The smallest absolute Gasteiger partial charge is 0.411 e. The summed E-state index contributed by atoms with van der Waals surface area (Å²) in [5.41, 5.74) is 0.946. The number of hydrogen-bond acceptors (Lipinski definition) is 3. The van der Waals surface area contributed by atoms with Crippen molar-refractivity contribution in [1.82, 2.24) is 4.57 Å². The zero-order chi connectivity index (χ0) is 13.0. The minimum atomic E-state index is -0.605. The first kappa shape index (κ1) is 11.9. The van der Waals surface area contributed by atoms with Crippen LogP contribution in [0.1, 0.15) is 0 Å². The summed E-state index contributed by atoms with van der Waals surface area (Å²) in [5, 5.41) is 2.44. The number of para-hydroxylation sites is 1. The standard InChI is InChI=1S/C13H12N2O3/c1-18-13(17)14-10-7-8-15(12(16)9-10)11-5-3-2-4-6-11/h2-9H,1H3,(H,14,17). The van der Waals surface area contributed by atoms with Gasteiger partial charge < -0.3 is 4.74 Å². The van der Waals surface area contributed by atoms with E-state index in [0.717, 1.165) is 5.69 Å². The van der Waals surface area contributed by atoms with Crippen LogP contribution in [0, 0.1) is 0 Å². The Morgan fingerprint density at radius 3 is 2.56 bits per heavy atom. The fourth-order valence-corrected chi connectivity index (χ4v) is 1.53. The Morgan fingerprint density at radius 2 is 1.94 bits per heavy atom. The van der Waals surface area contributed by atoms with E-state index in [9.17, 15) is 9.59 Å². The Balaban J connectivity index is 2.32. The molecule has 0 unspecified atom stereocenters. The van der Waals surface area contributed by atoms with Crippen LogP contribution in [0.15, 0.2) is 53.5 Å². The number of pyridine rings is 1. The van der Waals surface area contributed by atoms with Gasteiger partial charge in [-0.2, -0.15) is 0 Å². The predicted octanol–water partition coefficient (Wildman–Crippen LogP) is 2.02. The van der Waals surface area contributed by atoms with Crippen LogP contribution in [0.25, 0.3) is 5.69 Å². The van der Waals surface area contributed by atoms with Gasteiger partial charge in [-0.25, -0.2) is 4.79 Å². The third-order valence-corrected chi connectivity index (χ3v) is 2.39. The van der Waals surface area contributed by atoms with Gasteiger partial charge in [0.25, 0.3) is 5.56 Å². The van der Waals surface area contributed by atoms with Crippen molar-refractivity contribution in [3.8, 4) is 5.69 Å². The molecule has 92 valence electrons. The Morgan fingerprint density at radius 1 is 1.22 bits per heavy atom. The van der Waals surface area contributed by atoms with Crippen molar-refractivity contribution in [3.05, 3.63) is 59.0 Å². The van der Waals surface area contributed by atoms with Gasteiger partial charge in [0.15, 0.2) is 0 Å². The molecule has 1 amide bonds. The molecular formula is C13H12N2O3. The van der Waals surface area contributed by atoms with Crippen molar-refractivity contribution in [2.24, 2.45) is 0 Å². The van der Waals surface area contributed by atoms with Gasteiger partial charge in [0.05, 0.1) is 12.8 Å². The summed E-state index contributed by atoms with van der Waals surface area (Å²) in [7, 11) is 1.26. The van der Waals surface area contributed by atoms with Crippen LogP contribution in [0.2, 0.25) is 0 Å². The van der Waals surface area contributed by atoms with Crippen molar-refractivity contribution in [1.29, 1.82) is 0 Å². The molecule has 5 heteroatoms. The lowest BCUT2D eigenvalue weighted by molar-refractivity contribution is 0.187. The number of aromatic nitrogens is 1. The molecule has 0 fully saturated rings. The summed E-state index contributed by atoms with van der Waals surface area (Å²) < 4.78 is 5.94. The number of ether oxygens (including phenoxy) is 1. The molecule has 0 aliphatic carbocycles. The Kier molecular flexibility index (Phi) is 3.43. The van der Waals surface area contributed by atoms with Crippen LogP contribution >= 0.6 is 0 Å². The van der Waals surface area contributed by atoms with Crippen molar-refractivity contribution >= 4 is 11.8 Å². The molecule has 0 aliphatic heterocycles. The topological polar surface area (TPSA) is 60.3 Å². The summed E-state index contributed by atoms with van der Waals surface area (Å²) in [4.78, 5) is 22.9. The van der Waals surface area contributed by atoms with E-state index in [1.165, 1.54) is 17.7 Å². The Hall–Kier alpha value is -2.56. The summed E-state index contributed by atoms with van der Waals surface area (Å²) >= 11 is 0. The molecule has 1 heterocycles. The van der Waals surface area contributed by atoms with Crippen LogP contribution in [-0.4, -0.2) is 17.8 Å². The van der Waals surface area contributed by atoms with E-state index in [-0.39, 0.29) is 5.56 Å². The van der Waals surface area contributed by atoms with Crippen molar-refractivity contribution in [2.45, 2.75) is 0 Å². The number of hydrogen-bond donors (Lipinski definition) is 1. The number of carbonyl (C=O) groups is 1. The largest absolute Gasteiger partial charge is 0.453 e. The molecule has 0 spiro atoms. The van der Waals surface area contributed by atoms with Gasteiger partial charge >= 0.3 is 6.09 Å². The zero-order valence-electron chi connectivity index (χ0n) is 9.79. The monoisotopic (exact) mass is 244 g/mol. The lowest BCUT2D eigenvalue weighted by atomic mass is 10.3. The van der Waals surface area contributed by atoms with E-state index < -0.39 is 6.09 Å². The molecular weight excluding hydrogens is 232 g/mol. The SMILES string of the molecule is COC(=O)Nc1ccn(-c2ccccc2)c(=O)c1. The number of anilines is 1. The molecule has 18 heavy (non-hydrogen) atoms. The lowest BCUT2D eigenvalue weighted by Crippen LogP contribution is -2.19. The minimum absolute atomic E-state index is 0.227. The zero-order valence-corrected chi connectivity index (χ0v) is 9.79. The molecule has 1 aromatic heterocycles. The molecule has 0 saturated heterocycles. The normalized spacial score (nSPS) is 9.83. The molecule has 0 atom stereocenters. The maximum Gasteiger partial charge on any atom is 0.411 e. The van der Waals surface area contributed by atoms with Crippen molar-refractivity contribution in [2.75, 3.05) is 12.4 Å². The van der Waals surface area contributed by atoms with E-state index >= 15 is 0 Å². The van der Waals surface area contributed by atoms with E-state index in [1.54, 1.807) is 12.3 Å². The quantitative estimate of drug-likeness (QED) is 0.879. The third-order valence-electron chi connectivity index (χ3n) is 2.39. The van der Waals surface area contributed by atoms with Gasteiger partial charge in [0.1, 0.15) is 0 Å². The van der Waals surface area contributed by atoms with Crippen LogP contribution in [0.4, 0.5) is 10.5 Å². The summed E-state index contributed by atoms with van der Waals surface area (Å²) in [6.07, 6.45) is 0.995. The first-order valence-electron chi connectivity index (χ1n) is 5.34. The molecule has 0 aliphatic rings. The molecule has 1 N–H and O–H groups in total. The molecule has 1 aromatic carbocycles. The fourth-order valence-electron chi connectivity index (χ4n) is 1.53. The minimum Gasteiger partial charge on any atom is -0.453 e. The number of carbonyl (C=O) groups excluding carboxylic acids is 1. The van der Waals surface area contributed by atoms with Crippen LogP contribution in [0.5, 0.6) is 0 Å². The van der Waals surface area contributed by atoms with Gasteiger partial charge in [-0.15, -0.1) is 0 Å². The highest BCUT2D eigenvalue weighted by molar-refractivity contribution is 5.84. The highest BCUT2D eigenvalue weighted by atomic mass is 16.5. The number of nitrogens with one attached hydrogen (secondary N) is 1. The number of benzene rings is 1. The number of rotatable bonds is 2. The van der Waals surface area contributed by atoms with Crippen LogP contribution < -0.4 is 10.9 Å². The van der Waals surface area contributed by atoms with Gasteiger partial charge in [-0.3, -0.25) is 14.7 Å². The van der Waals surface area contributed by atoms with Crippen molar-refractivity contribution < 1.29 is 9.53 Å². The lowest BCUT2D eigenvalue weighted by Gasteiger charge is -2.07. The highest BCUT2D eigenvalue weighted by Crippen LogP contribution is 2.07. The average Bonchev–Trinajstić information content (AvgIpc) is 2.40. The summed E-state index contributed by atoms with van der Waals surface area (Å²) in [6, 6.07) is 12.2. The first-order valence-corrected chi connectivity index (χ1v) is 5.34. The summed E-state index contributed by atoms with van der Waals surface area (Å²) in [5.74, 6) is 0. The Bertz CT molecular complexity index is 605. The third kappa shape index (κ3) is 2.57. The fraction of sp³-hybridized carbons (Fsp3) is 0.0769. The molecule has 2 aromatic rings. The molecule has 0 saturated carbocycles. The molecule has 0 radical (unpaired) electrons. The van der Waals surface area contributed by atoms with Gasteiger partial charge in [-0.05, 0) is 18.2 Å². The average molecular weight is 244 g/mol. The van der Waals surface area contributed by atoms with E-state index in [4.69, 9.17) is 0 Å². The predicted molar refractivity (Wildman–Crippen MR) is 68.1 cm³/mol. The maximum absolute atomic E-state index is 11.9. The van der Waals surface area contributed by atoms with Gasteiger partial charge in [-0.1, -0.05) is 18.2 Å². The number of methoxy groups -OCH3 is 1. The van der Waals surface area contributed by atoms with Crippen molar-refractivity contribution in [3.63, 3.8) is 0 Å². The highest BCUT2D eigenvalue weighted by Gasteiger charge is 2.03. The molecule has 0 bridgehead atoms. The van der Waals surface area contributed by atoms with Gasteiger partial charge in [0.2, 0.25) is 0 Å². The van der Waals surface area contributed by atoms with Gasteiger partial charge in [0, 0.05) is 18.0 Å².